The maximum atomic E-state index is 11.6. The molecule has 0 aliphatic heterocycles. The van der Waals surface area contributed by atoms with E-state index < -0.39 is 0 Å². The van der Waals surface area contributed by atoms with Gasteiger partial charge in [0.2, 0.25) is 5.91 Å². The summed E-state index contributed by atoms with van der Waals surface area (Å²) in [5.41, 5.74) is 0. The van der Waals surface area contributed by atoms with Gasteiger partial charge in [0.1, 0.15) is 0 Å². The number of hydrogen-bond acceptors (Lipinski definition) is 2. The van der Waals surface area contributed by atoms with Crippen molar-refractivity contribution >= 4 is 5.91 Å². The molecule has 0 heterocycles. The molecule has 3 nitrogen and oxygen atoms in total. The topological polar surface area (TPSA) is 41.1 Å². The molecule has 17 heavy (non-hydrogen) atoms. The van der Waals surface area contributed by atoms with E-state index in [1.165, 1.54) is 38.5 Å². The maximum absolute atomic E-state index is 11.6. The molecular formula is C14H28N2O. The van der Waals surface area contributed by atoms with E-state index in [1.54, 1.807) is 0 Å². The van der Waals surface area contributed by atoms with Gasteiger partial charge in [-0.05, 0) is 38.6 Å². The molecule has 0 aromatic carbocycles. The molecule has 0 saturated heterocycles. The van der Waals surface area contributed by atoms with Crippen molar-refractivity contribution in [1.82, 2.24) is 10.6 Å². The Morgan fingerprint density at radius 1 is 1.29 bits per heavy atom. The van der Waals surface area contributed by atoms with Gasteiger partial charge in [0, 0.05) is 6.54 Å². The number of rotatable bonds is 8. The van der Waals surface area contributed by atoms with Crippen LogP contribution in [0.25, 0.3) is 0 Å². The Morgan fingerprint density at radius 2 is 2.00 bits per heavy atom. The van der Waals surface area contributed by atoms with E-state index in [0.29, 0.717) is 0 Å². The third-order valence-electron chi connectivity index (χ3n) is 3.66. The minimum Gasteiger partial charge on any atom is -0.355 e. The van der Waals surface area contributed by atoms with Gasteiger partial charge in [-0.1, -0.05) is 32.6 Å². The Labute approximate surface area is 106 Å². The standard InChI is InChI=1S/C14H28N2O/c1-3-10-16-14(17)12(2)15-11-6-9-13-7-4-5-8-13/h12-13,15H,3-11H2,1-2H3,(H,16,17). The molecule has 1 unspecified atom stereocenters. The van der Waals surface area contributed by atoms with Gasteiger partial charge in [-0.3, -0.25) is 4.79 Å². The lowest BCUT2D eigenvalue weighted by atomic mass is 10.0. The number of amides is 1. The molecule has 1 saturated carbocycles. The largest absolute Gasteiger partial charge is 0.355 e. The fraction of sp³-hybridized carbons (Fsp3) is 0.929. The summed E-state index contributed by atoms with van der Waals surface area (Å²) < 4.78 is 0. The zero-order valence-corrected chi connectivity index (χ0v) is 11.4. The van der Waals surface area contributed by atoms with Crippen LogP contribution in [-0.2, 0) is 4.79 Å². The highest BCUT2D eigenvalue weighted by Crippen LogP contribution is 2.28. The van der Waals surface area contributed by atoms with Crippen LogP contribution in [0.3, 0.4) is 0 Å². The van der Waals surface area contributed by atoms with Crippen molar-refractivity contribution in [1.29, 1.82) is 0 Å². The van der Waals surface area contributed by atoms with Gasteiger partial charge in [0.25, 0.3) is 0 Å². The van der Waals surface area contributed by atoms with Crippen molar-refractivity contribution < 1.29 is 4.79 Å². The monoisotopic (exact) mass is 240 g/mol. The van der Waals surface area contributed by atoms with Crippen LogP contribution in [0.1, 0.15) is 58.8 Å². The molecular weight excluding hydrogens is 212 g/mol. The summed E-state index contributed by atoms with van der Waals surface area (Å²) >= 11 is 0. The summed E-state index contributed by atoms with van der Waals surface area (Å²) in [4.78, 5) is 11.6. The van der Waals surface area contributed by atoms with Gasteiger partial charge in [-0.2, -0.15) is 0 Å². The van der Waals surface area contributed by atoms with Crippen molar-refractivity contribution in [3.63, 3.8) is 0 Å². The van der Waals surface area contributed by atoms with Crippen molar-refractivity contribution in [3.8, 4) is 0 Å². The molecule has 0 bridgehead atoms. The summed E-state index contributed by atoms with van der Waals surface area (Å²) in [7, 11) is 0. The van der Waals surface area contributed by atoms with E-state index in [9.17, 15) is 4.79 Å². The highest BCUT2D eigenvalue weighted by Gasteiger charge is 2.15. The molecule has 0 aromatic rings. The average Bonchev–Trinajstić information content (AvgIpc) is 2.84. The molecule has 1 aliphatic rings. The SMILES string of the molecule is CCCNC(=O)C(C)NCCCC1CCCC1. The molecule has 1 aliphatic carbocycles. The summed E-state index contributed by atoms with van der Waals surface area (Å²) in [6, 6.07) is -0.0508. The van der Waals surface area contributed by atoms with Crippen LogP contribution in [0.15, 0.2) is 0 Å². The zero-order valence-electron chi connectivity index (χ0n) is 11.4. The minimum atomic E-state index is -0.0508. The van der Waals surface area contributed by atoms with E-state index >= 15 is 0 Å². The summed E-state index contributed by atoms with van der Waals surface area (Å²) in [5.74, 6) is 1.09. The van der Waals surface area contributed by atoms with Gasteiger partial charge in [0.15, 0.2) is 0 Å². The summed E-state index contributed by atoms with van der Waals surface area (Å²) in [5, 5.41) is 6.22. The second-order valence-corrected chi connectivity index (χ2v) is 5.26. The highest BCUT2D eigenvalue weighted by molar-refractivity contribution is 5.81. The first-order chi connectivity index (χ1) is 8.24. The lowest BCUT2D eigenvalue weighted by Crippen LogP contribution is -2.42. The molecule has 0 radical (unpaired) electrons. The van der Waals surface area contributed by atoms with Crippen LogP contribution in [-0.4, -0.2) is 25.0 Å². The Balaban J connectivity index is 1.98. The molecule has 1 atom stereocenters. The predicted molar refractivity (Wildman–Crippen MR) is 72.0 cm³/mol. The molecule has 100 valence electrons. The fourth-order valence-electron chi connectivity index (χ4n) is 2.50. The number of carbonyl (C=O) groups excluding carboxylic acids is 1. The Bertz CT molecular complexity index is 212. The van der Waals surface area contributed by atoms with Crippen molar-refractivity contribution in [3.05, 3.63) is 0 Å². The van der Waals surface area contributed by atoms with E-state index in [1.807, 2.05) is 6.92 Å². The first-order valence-electron chi connectivity index (χ1n) is 7.25. The molecule has 1 fully saturated rings. The smallest absolute Gasteiger partial charge is 0.236 e. The van der Waals surface area contributed by atoms with E-state index in [4.69, 9.17) is 0 Å². The van der Waals surface area contributed by atoms with Crippen LogP contribution in [0, 0.1) is 5.92 Å². The molecule has 0 spiro atoms. The van der Waals surface area contributed by atoms with Crippen LogP contribution in [0.4, 0.5) is 0 Å². The lowest BCUT2D eigenvalue weighted by molar-refractivity contribution is -0.122. The second-order valence-electron chi connectivity index (χ2n) is 5.26. The summed E-state index contributed by atoms with van der Waals surface area (Å²) in [6.07, 6.45) is 9.23. The summed E-state index contributed by atoms with van der Waals surface area (Å²) in [6.45, 7) is 5.77. The average molecular weight is 240 g/mol. The van der Waals surface area contributed by atoms with E-state index in [-0.39, 0.29) is 11.9 Å². The lowest BCUT2D eigenvalue weighted by Gasteiger charge is -2.14. The van der Waals surface area contributed by atoms with Gasteiger partial charge < -0.3 is 10.6 Å². The van der Waals surface area contributed by atoms with Crippen molar-refractivity contribution in [2.24, 2.45) is 5.92 Å². The molecule has 0 aromatic heterocycles. The normalized spacial score (nSPS) is 18.2. The van der Waals surface area contributed by atoms with Crippen molar-refractivity contribution in [2.75, 3.05) is 13.1 Å². The number of hydrogen-bond donors (Lipinski definition) is 2. The van der Waals surface area contributed by atoms with Gasteiger partial charge in [-0.25, -0.2) is 0 Å². The Hall–Kier alpha value is -0.570. The molecule has 1 amide bonds. The van der Waals surface area contributed by atoms with E-state index in [0.717, 1.165) is 25.4 Å². The van der Waals surface area contributed by atoms with Gasteiger partial charge in [-0.15, -0.1) is 0 Å². The molecule has 1 rings (SSSR count). The maximum Gasteiger partial charge on any atom is 0.236 e. The molecule has 3 heteroatoms. The number of nitrogens with one attached hydrogen (secondary N) is 2. The van der Waals surface area contributed by atoms with Crippen molar-refractivity contribution in [2.45, 2.75) is 64.8 Å². The van der Waals surface area contributed by atoms with Crippen LogP contribution in [0.5, 0.6) is 0 Å². The quantitative estimate of drug-likeness (QED) is 0.640. The first-order valence-corrected chi connectivity index (χ1v) is 7.25. The third kappa shape index (κ3) is 6.06. The van der Waals surface area contributed by atoms with Crippen LogP contribution in [0.2, 0.25) is 0 Å². The zero-order chi connectivity index (χ0) is 12.5. The number of carbonyl (C=O) groups is 1. The van der Waals surface area contributed by atoms with Gasteiger partial charge >= 0.3 is 0 Å². The van der Waals surface area contributed by atoms with E-state index in [2.05, 4.69) is 17.6 Å². The van der Waals surface area contributed by atoms with Crippen LogP contribution < -0.4 is 10.6 Å². The fourth-order valence-corrected chi connectivity index (χ4v) is 2.50. The second kappa shape index (κ2) is 8.51. The Kier molecular flexibility index (Phi) is 7.25. The predicted octanol–water partition coefficient (Wildman–Crippen LogP) is 2.46. The third-order valence-corrected chi connectivity index (χ3v) is 3.66. The molecule has 2 N–H and O–H groups in total. The minimum absolute atomic E-state index is 0.0508. The highest BCUT2D eigenvalue weighted by atomic mass is 16.2. The Morgan fingerprint density at radius 3 is 2.65 bits per heavy atom. The van der Waals surface area contributed by atoms with Crippen LogP contribution >= 0.6 is 0 Å². The van der Waals surface area contributed by atoms with Gasteiger partial charge in [0.05, 0.1) is 6.04 Å². The first kappa shape index (κ1) is 14.5.